The molecule has 0 heterocycles. The lowest BCUT2D eigenvalue weighted by Gasteiger charge is -2.15. The summed E-state index contributed by atoms with van der Waals surface area (Å²) in [7, 11) is 0. The van der Waals surface area contributed by atoms with Crippen molar-refractivity contribution in [3.05, 3.63) is 26.6 Å². The maximum atomic E-state index is 5.83. The van der Waals surface area contributed by atoms with Crippen molar-refractivity contribution in [2.45, 2.75) is 26.7 Å². The van der Waals surface area contributed by atoms with Crippen molar-refractivity contribution in [2.24, 2.45) is 11.7 Å². The first-order valence-corrected chi connectivity index (χ1v) is 7.47. The minimum Gasteiger partial charge on any atom is -0.491 e. The fraction of sp³-hybridized carbons (Fsp3) is 0.538. The van der Waals surface area contributed by atoms with Gasteiger partial charge in [0, 0.05) is 0 Å². The van der Waals surface area contributed by atoms with E-state index in [1.165, 1.54) is 5.56 Å². The third-order valence-electron chi connectivity index (χ3n) is 2.70. The SMILES string of the molecule is CCC(C)COc1c(Br)cc(CCN)cc1Br. The Balaban J connectivity index is 2.78. The van der Waals surface area contributed by atoms with Crippen molar-refractivity contribution < 1.29 is 4.74 Å². The van der Waals surface area contributed by atoms with Crippen LogP contribution in [0.2, 0.25) is 0 Å². The average molecular weight is 365 g/mol. The molecular weight excluding hydrogens is 346 g/mol. The second kappa shape index (κ2) is 7.39. The van der Waals surface area contributed by atoms with Crippen LogP contribution in [0.4, 0.5) is 0 Å². The summed E-state index contributed by atoms with van der Waals surface area (Å²) in [5.41, 5.74) is 6.76. The minimum atomic E-state index is 0.567. The Bertz CT molecular complexity index is 345. The van der Waals surface area contributed by atoms with E-state index in [1.807, 2.05) is 0 Å². The van der Waals surface area contributed by atoms with Crippen LogP contribution in [0.1, 0.15) is 25.8 Å². The van der Waals surface area contributed by atoms with Gasteiger partial charge in [-0.25, -0.2) is 0 Å². The molecule has 0 bridgehead atoms. The van der Waals surface area contributed by atoms with E-state index in [0.29, 0.717) is 12.5 Å². The lowest BCUT2D eigenvalue weighted by atomic mass is 10.1. The Hall–Kier alpha value is -0.0600. The smallest absolute Gasteiger partial charge is 0.147 e. The van der Waals surface area contributed by atoms with Gasteiger partial charge < -0.3 is 10.5 Å². The van der Waals surface area contributed by atoms with Crippen molar-refractivity contribution in [1.29, 1.82) is 0 Å². The Morgan fingerprint density at radius 3 is 2.35 bits per heavy atom. The van der Waals surface area contributed by atoms with E-state index in [1.54, 1.807) is 0 Å². The fourth-order valence-electron chi connectivity index (χ4n) is 1.40. The number of hydrogen-bond acceptors (Lipinski definition) is 2. The lowest BCUT2D eigenvalue weighted by Crippen LogP contribution is -2.08. The van der Waals surface area contributed by atoms with E-state index < -0.39 is 0 Å². The molecule has 96 valence electrons. The highest BCUT2D eigenvalue weighted by molar-refractivity contribution is 9.11. The second-order valence-corrected chi connectivity index (χ2v) is 5.96. The molecule has 1 rings (SSSR count). The van der Waals surface area contributed by atoms with Gasteiger partial charge >= 0.3 is 0 Å². The summed E-state index contributed by atoms with van der Waals surface area (Å²) in [6.45, 7) is 5.75. The Morgan fingerprint density at radius 2 is 1.88 bits per heavy atom. The van der Waals surface area contributed by atoms with Crippen LogP contribution in [0.25, 0.3) is 0 Å². The molecular formula is C13H19Br2NO. The van der Waals surface area contributed by atoms with Crippen LogP contribution in [0, 0.1) is 5.92 Å². The Morgan fingerprint density at radius 1 is 1.29 bits per heavy atom. The molecule has 0 aliphatic carbocycles. The monoisotopic (exact) mass is 363 g/mol. The number of hydrogen-bond donors (Lipinski definition) is 1. The number of ether oxygens (including phenoxy) is 1. The molecule has 0 spiro atoms. The van der Waals surface area contributed by atoms with Crippen molar-refractivity contribution >= 4 is 31.9 Å². The molecule has 0 saturated carbocycles. The maximum absolute atomic E-state index is 5.83. The van der Waals surface area contributed by atoms with Gasteiger partial charge in [0.05, 0.1) is 15.6 Å². The summed E-state index contributed by atoms with van der Waals surface area (Å²) in [5.74, 6) is 1.45. The van der Waals surface area contributed by atoms with Gasteiger partial charge in [0.2, 0.25) is 0 Å². The molecule has 0 radical (unpaired) electrons. The molecule has 0 aliphatic rings. The van der Waals surface area contributed by atoms with Crippen LogP contribution in [-0.4, -0.2) is 13.2 Å². The van der Waals surface area contributed by atoms with Crippen molar-refractivity contribution in [3.63, 3.8) is 0 Å². The average Bonchev–Trinajstić information content (AvgIpc) is 2.28. The van der Waals surface area contributed by atoms with Gasteiger partial charge in [-0.1, -0.05) is 20.3 Å². The molecule has 1 atom stereocenters. The molecule has 4 heteroatoms. The van der Waals surface area contributed by atoms with Gasteiger partial charge in [-0.3, -0.25) is 0 Å². The van der Waals surface area contributed by atoms with Crippen LogP contribution in [-0.2, 0) is 6.42 Å². The third-order valence-corrected chi connectivity index (χ3v) is 3.88. The first-order chi connectivity index (χ1) is 8.08. The second-order valence-electron chi connectivity index (χ2n) is 4.25. The molecule has 1 aromatic carbocycles. The van der Waals surface area contributed by atoms with E-state index in [4.69, 9.17) is 10.5 Å². The van der Waals surface area contributed by atoms with Crippen molar-refractivity contribution in [2.75, 3.05) is 13.2 Å². The number of benzene rings is 1. The van der Waals surface area contributed by atoms with Crippen molar-refractivity contribution in [1.82, 2.24) is 0 Å². The molecule has 2 nitrogen and oxygen atoms in total. The molecule has 0 saturated heterocycles. The first kappa shape index (κ1) is 15.0. The zero-order valence-corrected chi connectivity index (χ0v) is 13.5. The van der Waals surface area contributed by atoms with Crippen LogP contribution in [0.5, 0.6) is 5.75 Å². The highest BCUT2D eigenvalue weighted by atomic mass is 79.9. The predicted octanol–water partition coefficient (Wildman–Crippen LogP) is 4.14. The minimum absolute atomic E-state index is 0.567. The highest BCUT2D eigenvalue weighted by Gasteiger charge is 2.10. The largest absolute Gasteiger partial charge is 0.491 e. The topological polar surface area (TPSA) is 35.2 Å². The summed E-state index contributed by atoms with van der Waals surface area (Å²) >= 11 is 7.09. The normalized spacial score (nSPS) is 12.5. The molecule has 1 unspecified atom stereocenters. The van der Waals surface area contributed by atoms with E-state index in [9.17, 15) is 0 Å². The standard InChI is InChI=1S/C13H19Br2NO/c1-3-9(2)8-17-13-11(14)6-10(4-5-16)7-12(13)15/h6-7,9H,3-5,8,16H2,1-2H3. The Labute approximate surface area is 120 Å². The van der Waals surface area contributed by atoms with Crippen LogP contribution >= 0.6 is 31.9 Å². The predicted molar refractivity (Wildman–Crippen MR) is 79.6 cm³/mol. The van der Waals surface area contributed by atoms with Gasteiger partial charge in [0.1, 0.15) is 5.75 Å². The zero-order chi connectivity index (χ0) is 12.8. The van der Waals surface area contributed by atoms with Crippen molar-refractivity contribution in [3.8, 4) is 5.75 Å². The zero-order valence-electron chi connectivity index (χ0n) is 10.3. The first-order valence-electron chi connectivity index (χ1n) is 5.89. The lowest BCUT2D eigenvalue weighted by molar-refractivity contribution is 0.253. The van der Waals surface area contributed by atoms with Gasteiger partial charge in [-0.05, 0) is 68.4 Å². The molecule has 0 amide bonds. The molecule has 2 N–H and O–H groups in total. The molecule has 17 heavy (non-hydrogen) atoms. The molecule has 0 aromatic heterocycles. The van der Waals surface area contributed by atoms with E-state index in [0.717, 1.165) is 34.1 Å². The molecule has 0 aliphatic heterocycles. The van der Waals surface area contributed by atoms with Gasteiger partial charge in [0.15, 0.2) is 0 Å². The van der Waals surface area contributed by atoms with Gasteiger partial charge in [0.25, 0.3) is 0 Å². The van der Waals surface area contributed by atoms with Crippen LogP contribution < -0.4 is 10.5 Å². The van der Waals surface area contributed by atoms with Crippen LogP contribution in [0.15, 0.2) is 21.1 Å². The summed E-state index contributed by atoms with van der Waals surface area (Å²) in [5, 5.41) is 0. The van der Waals surface area contributed by atoms with Gasteiger partial charge in [-0.15, -0.1) is 0 Å². The van der Waals surface area contributed by atoms with Crippen LogP contribution in [0.3, 0.4) is 0 Å². The van der Waals surface area contributed by atoms with E-state index in [2.05, 4.69) is 57.8 Å². The van der Waals surface area contributed by atoms with Gasteiger partial charge in [-0.2, -0.15) is 0 Å². The molecule has 0 fully saturated rings. The molecule has 1 aromatic rings. The third kappa shape index (κ3) is 4.60. The highest BCUT2D eigenvalue weighted by Crippen LogP contribution is 2.35. The van der Waals surface area contributed by atoms with E-state index in [-0.39, 0.29) is 0 Å². The quantitative estimate of drug-likeness (QED) is 0.823. The number of halogens is 2. The summed E-state index contributed by atoms with van der Waals surface area (Å²) in [6, 6.07) is 4.15. The Kier molecular flexibility index (Phi) is 6.52. The summed E-state index contributed by atoms with van der Waals surface area (Å²) in [4.78, 5) is 0. The van der Waals surface area contributed by atoms with E-state index >= 15 is 0 Å². The summed E-state index contributed by atoms with van der Waals surface area (Å²) in [6.07, 6.45) is 2.00. The number of nitrogens with two attached hydrogens (primary N) is 1. The summed E-state index contributed by atoms with van der Waals surface area (Å²) < 4.78 is 7.80. The number of rotatable bonds is 6. The maximum Gasteiger partial charge on any atom is 0.147 e. The fourth-order valence-corrected chi connectivity index (χ4v) is 2.91.